The Morgan fingerprint density at radius 3 is 2.75 bits per heavy atom. The fourth-order valence-electron chi connectivity index (χ4n) is 2.63. The van der Waals surface area contributed by atoms with Crippen LogP contribution in [0.5, 0.6) is 0 Å². The minimum absolute atomic E-state index is 0.0618. The van der Waals surface area contributed by atoms with E-state index in [4.69, 9.17) is 5.11 Å². The van der Waals surface area contributed by atoms with E-state index >= 15 is 0 Å². The number of nitrogens with zero attached hydrogens (tertiary/aromatic N) is 2. The number of amides is 1. The van der Waals surface area contributed by atoms with Crippen molar-refractivity contribution in [3.63, 3.8) is 0 Å². The molecule has 1 aliphatic heterocycles. The van der Waals surface area contributed by atoms with Crippen molar-refractivity contribution in [2.45, 2.75) is 19.4 Å². The zero-order valence-electron chi connectivity index (χ0n) is 11.6. The molecular weight excluding hydrogens is 254 g/mol. The number of carbonyl (C=O) groups excluding carboxylic acids is 1. The average molecular weight is 273 g/mol. The van der Waals surface area contributed by atoms with Gasteiger partial charge in [-0.3, -0.25) is 4.79 Å². The molecule has 1 aliphatic rings. The summed E-state index contributed by atoms with van der Waals surface area (Å²) in [5.74, 6) is 0.166. The Balaban J connectivity index is 2.11. The Bertz CT molecular complexity index is 528. The first-order valence-corrected chi connectivity index (χ1v) is 6.80. The van der Waals surface area contributed by atoms with Gasteiger partial charge in [-0.1, -0.05) is 6.07 Å². The normalized spacial score (nSPS) is 15.8. The van der Waals surface area contributed by atoms with Crippen molar-refractivity contribution in [1.82, 2.24) is 5.32 Å². The number of aliphatic hydroxyl groups is 1. The van der Waals surface area contributed by atoms with Crippen LogP contribution in [-0.4, -0.2) is 31.2 Å². The Morgan fingerprint density at radius 2 is 2.20 bits per heavy atom. The third kappa shape index (κ3) is 2.91. The zero-order chi connectivity index (χ0) is 14.5. The second-order valence-electron chi connectivity index (χ2n) is 5.00. The molecule has 1 amide bonds. The molecule has 1 saturated heterocycles. The fraction of sp³-hybridized carbons (Fsp3) is 0.467. The number of hydrogen-bond donors (Lipinski definition) is 2. The van der Waals surface area contributed by atoms with Crippen molar-refractivity contribution in [3.05, 3.63) is 29.3 Å². The molecule has 0 atom stereocenters. The second kappa shape index (κ2) is 6.40. The predicted molar refractivity (Wildman–Crippen MR) is 76.1 cm³/mol. The minimum Gasteiger partial charge on any atom is -0.392 e. The summed E-state index contributed by atoms with van der Waals surface area (Å²) in [6.07, 6.45) is 1.60. The number of carbonyl (C=O) groups is 1. The minimum atomic E-state index is -0.0618. The maximum Gasteiger partial charge on any atom is 0.222 e. The molecule has 0 saturated carbocycles. The zero-order valence-corrected chi connectivity index (χ0v) is 11.6. The molecule has 2 rings (SSSR count). The number of aliphatic hydroxyl groups excluding tert-OH is 1. The van der Waals surface area contributed by atoms with E-state index in [2.05, 4.69) is 16.3 Å². The molecule has 5 nitrogen and oxygen atoms in total. The standard InChI is InChI=1S/C15H19N3O2/c1-17-15(20)12-4-6-18(7-5-12)14-3-2-11(10-19)8-13(14)9-16/h2-3,8,12,19H,4-7,10H2,1H3,(H,17,20). The number of piperidine rings is 1. The van der Waals surface area contributed by atoms with E-state index < -0.39 is 0 Å². The number of nitrogens with one attached hydrogen (secondary N) is 1. The van der Waals surface area contributed by atoms with Gasteiger partial charge in [0.25, 0.3) is 0 Å². The van der Waals surface area contributed by atoms with Gasteiger partial charge in [0.2, 0.25) is 5.91 Å². The van der Waals surface area contributed by atoms with Gasteiger partial charge >= 0.3 is 0 Å². The number of nitriles is 1. The van der Waals surface area contributed by atoms with Crippen LogP contribution < -0.4 is 10.2 Å². The highest BCUT2D eigenvalue weighted by Crippen LogP contribution is 2.27. The molecular formula is C15H19N3O2. The summed E-state index contributed by atoms with van der Waals surface area (Å²) in [7, 11) is 1.66. The number of benzene rings is 1. The monoisotopic (exact) mass is 273 g/mol. The Hall–Kier alpha value is -2.06. The summed E-state index contributed by atoms with van der Waals surface area (Å²) in [4.78, 5) is 13.7. The molecule has 0 spiro atoms. The van der Waals surface area contributed by atoms with Crippen LogP contribution in [0.2, 0.25) is 0 Å². The van der Waals surface area contributed by atoms with E-state index in [0.29, 0.717) is 5.56 Å². The molecule has 0 radical (unpaired) electrons. The van der Waals surface area contributed by atoms with Gasteiger partial charge in [0.15, 0.2) is 0 Å². The molecule has 0 unspecified atom stereocenters. The highest BCUT2D eigenvalue weighted by atomic mass is 16.3. The quantitative estimate of drug-likeness (QED) is 0.862. The van der Waals surface area contributed by atoms with Gasteiger partial charge in [-0.25, -0.2) is 0 Å². The molecule has 1 aromatic carbocycles. The van der Waals surface area contributed by atoms with E-state index in [-0.39, 0.29) is 18.4 Å². The molecule has 0 aliphatic carbocycles. The van der Waals surface area contributed by atoms with Crippen LogP contribution in [0, 0.1) is 17.2 Å². The molecule has 106 valence electrons. The van der Waals surface area contributed by atoms with Crippen molar-refractivity contribution in [1.29, 1.82) is 5.26 Å². The van der Waals surface area contributed by atoms with Gasteiger partial charge in [0, 0.05) is 26.1 Å². The second-order valence-corrected chi connectivity index (χ2v) is 5.00. The summed E-state index contributed by atoms with van der Waals surface area (Å²) in [6.45, 7) is 1.48. The van der Waals surface area contributed by atoms with Crippen LogP contribution in [0.15, 0.2) is 18.2 Å². The summed E-state index contributed by atoms with van der Waals surface area (Å²) >= 11 is 0. The maximum atomic E-state index is 11.6. The highest BCUT2D eigenvalue weighted by molar-refractivity contribution is 5.78. The maximum absolute atomic E-state index is 11.6. The molecule has 0 aromatic heterocycles. The average Bonchev–Trinajstić information content (AvgIpc) is 2.53. The highest BCUT2D eigenvalue weighted by Gasteiger charge is 2.25. The molecule has 1 fully saturated rings. The van der Waals surface area contributed by atoms with Gasteiger partial charge in [-0.2, -0.15) is 5.26 Å². The molecule has 5 heteroatoms. The Morgan fingerprint density at radius 1 is 1.50 bits per heavy atom. The van der Waals surface area contributed by atoms with Crippen molar-refractivity contribution < 1.29 is 9.90 Å². The third-order valence-corrected chi connectivity index (χ3v) is 3.82. The van der Waals surface area contributed by atoms with E-state index in [1.54, 1.807) is 13.1 Å². The van der Waals surface area contributed by atoms with E-state index in [1.165, 1.54) is 0 Å². The number of hydrogen-bond acceptors (Lipinski definition) is 4. The molecule has 1 heterocycles. The number of rotatable bonds is 3. The fourth-order valence-corrected chi connectivity index (χ4v) is 2.63. The molecule has 0 bridgehead atoms. The molecule has 1 aromatic rings. The molecule has 2 N–H and O–H groups in total. The lowest BCUT2D eigenvalue weighted by molar-refractivity contribution is -0.125. The lowest BCUT2D eigenvalue weighted by atomic mass is 9.95. The predicted octanol–water partition coefficient (Wildman–Crippen LogP) is 1.01. The van der Waals surface area contributed by atoms with Gasteiger partial charge < -0.3 is 15.3 Å². The summed E-state index contributed by atoms with van der Waals surface area (Å²) in [6, 6.07) is 7.62. The van der Waals surface area contributed by atoms with E-state index in [9.17, 15) is 10.1 Å². The van der Waals surface area contributed by atoms with Crippen LogP contribution in [0.1, 0.15) is 24.0 Å². The summed E-state index contributed by atoms with van der Waals surface area (Å²) < 4.78 is 0. The van der Waals surface area contributed by atoms with Gasteiger partial charge in [-0.15, -0.1) is 0 Å². The van der Waals surface area contributed by atoms with Crippen LogP contribution in [0.3, 0.4) is 0 Å². The van der Waals surface area contributed by atoms with Crippen LogP contribution in [-0.2, 0) is 11.4 Å². The largest absolute Gasteiger partial charge is 0.392 e. The third-order valence-electron chi connectivity index (χ3n) is 3.82. The lowest BCUT2D eigenvalue weighted by Gasteiger charge is -2.33. The SMILES string of the molecule is CNC(=O)C1CCN(c2ccc(CO)cc2C#N)CC1. The van der Waals surface area contributed by atoms with E-state index in [1.807, 2.05) is 12.1 Å². The lowest BCUT2D eigenvalue weighted by Crippen LogP contribution is -2.39. The van der Waals surface area contributed by atoms with Crippen molar-refractivity contribution in [2.75, 3.05) is 25.0 Å². The Kier molecular flexibility index (Phi) is 4.59. The van der Waals surface area contributed by atoms with Gasteiger partial charge in [0.05, 0.1) is 17.9 Å². The number of anilines is 1. The van der Waals surface area contributed by atoms with Crippen LogP contribution in [0.4, 0.5) is 5.69 Å². The van der Waals surface area contributed by atoms with Gasteiger partial charge in [-0.05, 0) is 30.5 Å². The smallest absolute Gasteiger partial charge is 0.222 e. The van der Waals surface area contributed by atoms with Crippen LogP contribution >= 0.6 is 0 Å². The first-order valence-electron chi connectivity index (χ1n) is 6.80. The van der Waals surface area contributed by atoms with Crippen molar-refractivity contribution in [3.8, 4) is 6.07 Å². The summed E-state index contributed by atoms with van der Waals surface area (Å²) in [5, 5.41) is 21.0. The van der Waals surface area contributed by atoms with Crippen molar-refractivity contribution >= 4 is 11.6 Å². The first-order chi connectivity index (χ1) is 9.69. The van der Waals surface area contributed by atoms with E-state index in [0.717, 1.165) is 37.2 Å². The summed E-state index contributed by atoms with van der Waals surface area (Å²) in [5.41, 5.74) is 2.21. The topological polar surface area (TPSA) is 76.4 Å². The van der Waals surface area contributed by atoms with Crippen LogP contribution in [0.25, 0.3) is 0 Å². The molecule has 20 heavy (non-hydrogen) atoms. The first kappa shape index (κ1) is 14.4. The Labute approximate surface area is 118 Å². The van der Waals surface area contributed by atoms with Gasteiger partial charge in [0.1, 0.15) is 6.07 Å². The van der Waals surface area contributed by atoms with Crippen molar-refractivity contribution in [2.24, 2.45) is 5.92 Å².